The predicted octanol–water partition coefficient (Wildman–Crippen LogP) is 5.84. The summed E-state index contributed by atoms with van der Waals surface area (Å²) in [5, 5.41) is 3.31. The van der Waals surface area contributed by atoms with E-state index >= 15 is 0 Å². The van der Waals surface area contributed by atoms with E-state index in [-0.39, 0.29) is 0 Å². The molecule has 0 unspecified atom stereocenters. The van der Waals surface area contributed by atoms with Crippen molar-refractivity contribution in [3.8, 4) is 0 Å². The molecule has 21 heavy (non-hydrogen) atoms. The van der Waals surface area contributed by atoms with E-state index in [0.29, 0.717) is 0 Å². The van der Waals surface area contributed by atoms with Crippen molar-refractivity contribution in [3.63, 3.8) is 0 Å². The highest BCUT2D eigenvalue weighted by molar-refractivity contribution is 6.15. The Labute approximate surface area is 122 Å². The molecule has 2 nitrogen and oxygen atoms in total. The van der Waals surface area contributed by atoms with Crippen LogP contribution in [0, 0.1) is 6.92 Å². The molecule has 0 atom stereocenters. The first kappa shape index (κ1) is 12.0. The van der Waals surface area contributed by atoms with E-state index < -0.39 is 0 Å². The molecule has 4 rings (SSSR count). The van der Waals surface area contributed by atoms with Gasteiger partial charge in [-0.15, -0.1) is 0 Å². The molecule has 0 N–H and O–H groups in total. The number of benzene rings is 2. The van der Waals surface area contributed by atoms with Gasteiger partial charge in [0.25, 0.3) is 0 Å². The normalized spacial score (nSPS) is 12.0. The minimum atomic E-state index is 0.845. The van der Waals surface area contributed by atoms with Crippen molar-refractivity contribution >= 4 is 39.0 Å². The topological polar surface area (TPSA) is 26.3 Å². The lowest BCUT2D eigenvalue weighted by molar-refractivity contribution is 0.601. The van der Waals surface area contributed by atoms with Crippen molar-refractivity contribution in [2.75, 3.05) is 0 Å². The quantitative estimate of drug-likeness (QED) is 0.429. The summed E-state index contributed by atoms with van der Waals surface area (Å²) >= 11 is 0. The van der Waals surface area contributed by atoms with Gasteiger partial charge in [-0.25, -0.2) is 0 Å². The lowest BCUT2D eigenvalue weighted by atomic mass is 10.1. The van der Waals surface area contributed by atoms with Gasteiger partial charge in [0.15, 0.2) is 0 Å². The zero-order valence-corrected chi connectivity index (χ0v) is 11.7. The molecule has 0 radical (unpaired) electrons. The number of fused-ring (bicyclic) bond motifs is 5. The molecule has 0 fully saturated rings. The predicted molar refractivity (Wildman–Crippen MR) is 87.5 cm³/mol. The Bertz CT molecular complexity index is 1010. The minimum absolute atomic E-state index is 0.845. The van der Waals surface area contributed by atoms with E-state index in [1.54, 1.807) is 6.08 Å². The summed E-state index contributed by atoms with van der Waals surface area (Å²) in [4.78, 5) is 0. The SMILES string of the molecule is C=C/C=C\c1oc2ccc3c4ccccc4oc3c2c1C. The van der Waals surface area contributed by atoms with Crippen molar-refractivity contribution in [1.82, 2.24) is 0 Å². The third kappa shape index (κ3) is 1.66. The summed E-state index contributed by atoms with van der Waals surface area (Å²) in [5.41, 5.74) is 3.74. The van der Waals surface area contributed by atoms with Gasteiger partial charge in [-0.2, -0.15) is 0 Å². The van der Waals surface area contributed by atoms with E-state index in [0.717, 1.165) is 44.2 Å². The maximum absolute atomic E-state index is 6.06. The highest BCUT2D eigenvalue weighted by Gasteiger charge is 2.16. The van der Waals surface area contributed by atoms with Gasteiger partial charge in [0.1, 0.15) is 22.5 Å². The van der Waals surface area contributed by atoms with Crippen LogP contribution in [0.4, 0.5) is 0 Å². The fraction of sp³-hybridized carbons (Fsp3) is 0.0526. The second-order valence-corrected chi connectivity index (χ2v) is 5.10. The van der Waals surface area contributed by atoms with Gasteiger partial charge >= 0.3 is 0 Å². The number of aryl methyl sites for hydroxylation is 1. The fourth-order valence-electron chi connectivity index (χ4n) is 2.84. The maximum Gasteiger partial charge on any atom is 0.146 e. The molecule has 0 aliphatic heterocycles. The number of hydrogen-bond acceptors (Lipinski definition) is 2. The lowest BCUT2D eigenvalue weighted by Crippen LogP contribution is -1.73. The zero-order chi connectivity index (χ0) is 14.4. The molecule has 0 saturated heterocycles. The molecule has 2 heterocycles. The summed E-state index contributed by atoms with van der Waals surface area (Å²) in [6.45, 7) is 5.75. The number of allylic oxidation sites excluding steroid dienone is 2. The lowest BCUT2D eigenvalue weighted by Gasteiger charge is -1.92. The molecule has 0 aliphatic rings. The molecular formula is C19H14O2. The molecule has 102 valence electrons. The first-order chi connectivity index (χ1) is 10.3. The second-order valence-electron chi connectivity index (χ2n) is 5.10. The Morgan fingerprint density at radius 3 is 2.67 bits per heavy atom. The van der Waals surface area contributed by atoms with Crippen molar-refractivity contribution in [2.24, 2.45) is 0 Å². The van der Waals surface area contributed by atoms with Crippen LogP contribution in [-0.4, -0.2) is 0 Å². The van der Waals surface area contributed by atoms with Gasteiger partial charge < -0.3 is 8.83 Å². The Morgan fingerprint density at radius 2 is 1.81 bits per heavy atom. The van der Waals surface area contributed by atoms with Crippen molar-refractivity contribution in [3.05, 3.63) is 66.5 Å². The molecule has 0 spiro atoms. The summed E-state index contributed by atoms with van der Waals surface area (Å²) in [6.07, 6.45) is 5.54. The molecule has 2 aromatic heterocycles. The third-order valence-corrected chi connectivity index (χ3v) is 3.86. The van der Waals surface area contributed by atoms with Gasteiger partial charge in [0.05, 0.1) is 5.39 Å². The molecule has 0 bridgehead atoms. The Hall–Kier alpha value is -2.74. The van der Waals surface area contributed by atoms with Crippen LogP contribution in [0.2, 0.25) is 0 Å². The largest absolute Gasteiger partial charge is 0.456 e. The molecule has 2 aromatic carbocycles. The van der Waals surface area contributed by atoms with Gasteiger partial charge in [0.2, 0.25) is 0 Å². The van der Waals surface area contributed by atoms with Crippen LogP contribution in [0.5, 0.6) is 0 Å². The Balaban J connectivity index is 2.15. The Kier molecular flexibility index (Phi) is 2.51. The van der Waals surface area contributed by atoms with E-state index in [1.165, 1.54) is 0 Å². The van der Waals surface area contributed by atoms with E-state index in [4.69, 9.17) is 8.83 Å². The highest BCUT2D eigenvalue weighted by atomic mass is 16.3. The maximum atomic E-state index is 6.06. The third-order valence-electron chi connectivity index (χ3n) is 3.86. The van der Waals surface area contributed by atoms with Crippen LogP contribution >= 0.6 is 0 Å². The summed E-state index contributed by atoms with van der Waals surface area (Å²) in [7, 11) is 0. The number of furan rings is 2. The monoisotopic (exact) mass is 274 g/mol. The van der Waals surface area contributed by atoms with Crippen LogP contribution in [0.25, 0.3) is 39.0 Å². The molecule has 0 saturated carbocycles. The van der Waals surface area contributed by atoms with Gasteiger partial charge in [-0.05, 0) is 31.2 Å². The van der Waals surface area contributed by atoms with Crippen molar-refractivity contribution < 1.29 is 8.83 Å². The van der Waals surface area contributed by atoms with Crippen molar-refractivity contribution in [1.29, 1.82) is 0 Å². The first-order valence-corrected chi connectivity index (χ1v) is 6.92. The second kappa shape index (κ2) is 4.38. The molecule has 4 aromatic rings. The number of para-hydroxylation sites is 1. The molecule has 0 aliphatic carbocycles. The van der Waals surface area contributed by atoms with Gasteiger partial charge in [-0.3, -0.25) is 0 Å². The summed E-state index contributed by atoms with van der Waals surface area (Å²) in [5.74, 6) is 0.845. The van der Waals surface area contributed by atoms with Crippen LogP contribution in [0.3, 0.4) is 0 Å². The zero-order valence-electron chi connectivity index (χ0n) is 11.7. The molecule has 0 amide bonds. The average molecular weight is 274 g/mol. The van der Waals surface area contributed by atoms with E-state index in [1.807, 2.05) is 36.4 Å². The first-order valence-electron chi connectivity index (χ1n) is 6.92. The standard InChI is InChI=1S/C19H14O2/c1-3-4-8-15-12(2)18-17(20-15)11-10-14-13-7-5-6-9-16(13)21-19(14)18/h3-11H,1H2,2H3/b8-4-. The van der Waals surface area contributed by atoms with Gasteiger partial charge in [-0.1, -0.05) is 36.9 Å². The van der Waals surface area contributed by atoms with Crippen molar-refractivity contribution in [2.45, 2.75) is 6.92 Å². The number of rotatable bonds is 2. The minimum Gasteiger partial charge on any atom is -0.456 e. The average Bonchev–Trinajstić information content (AvgIpc) is 3.03. The van der Waals surface area contributed by atoms with Crippen LogP contribution in [0.15, 0.2) is 64.0 Å². The van der Waals surface area contributed by atoms with Crippen LogP contribution in [0.1, 0.15) is 11.3 Å². The van der Waals surface area contributed by atoms with Crippen LogP contribution in [-0.2, 0) is 0 Å². The van der Waals surface area contributed by atoms with E-state index in [9.17, 15) is 0 Å². The smallest absolute Gasteiger partial charge is 0.146 e. The summed E-state index contributed by atoms with van der Waals surface area (Å²) in [6, 6.07) is 12.2. The van der Waals surface area contributed by atoms with Crippen LogP contribution < -0.4 is 0 Å². The molecule has 2 heteroatoms. The van der Waals surface area contributed by atoms with E-state index in [2.05, 4.69) is 25.6 Å². The highest BCUT2D eigenvalue weighted by Crippen LogP contribution is 2.37. The fourth-order valence-corrected chi connectivity index (χ4v) is 2.84. The summed E-state index contributed by atoms with van der Waals surface area (Å²) < 4.78 is 12.0. The molecular weight excluding hydrogens is 260 g/mol. The Morgan fingerprint density at radius 1 is 0.952 bits per heavy atom. The number of hydrogen-bond donors (Lipinski definition) is 0. The van der Waals surface area contributed by atoms with Gasteiger partial charge in [0, 0.05) is 16.3 Å².